The molecule has 6 heteroatoms. The first-order valence-corrected chi connectivity index (χ1v) is 7.57. The maximum atomic E-state index is 13.7. The minimum atomic E-state index is -0.838. The van der Waals surface area contributed by atoms with Gasteiger partial charge in [0.15, 0.2) is 0 Å². The van der Waals surface area contributed by atoms with E-state index in [0.29, 0.717) is 11.8 Å². The monoisotopic (exact) mass is 339 g/mol. The van der Waals surface area contributed by atoms with Gasteiger partial charge in [-0.2, -0.15) is 0 Å². The number of benzene rings is 2. The second kappa shape index (κ2) is 7.09. The molecule has 3 rings (SSSR count). The van der Waals surface area contributed by atoms with Crippen LogP contribution < -0.4 is 10.6 Å². The molecule has 0 radical (unpaired) electrons. The number of aryl methyl sites for hydroxylation is 1. The van der Waals surface area contributed by atoms with E-state index in [2.05, 4.69) is 15.6 Å². The van der Waals surface area contributed by atoms with Gasteiger partial charge in [0.25, 0.3) is 5.91 Å². The third-order valence-corrected chi connectivity index (χ3v) is 3.60. The number of amides is 1. The molecule has 0 spiro atoms. The third-order valence-electron chi connectivity index (χ3n) is 3.60. The molecule has 0 fully saturated rings. The Morgan fingerprint density at radius 1 is 1.00 bits per heavy atom. The summed E-state index contributed by atoms with van der Waals surface area (Å²) >= 11 is 0. The van der Waals surface area contributed by atoms with Gasteiger partial charge in [0.05, 0.1) is 23.1 Å². The Labute approximate surface area is 143 Å². The van der Waals surface area contributed by atoms with Crippen LogP contribution in [0.2, 0.25) is 0 Å². The molecule has 25 heavy (non-hydrogen) atoms. The summed E-state index contributed by atoms with van der Waals surface area (Å²) in [5, 5.41) is 5.59. The van der Waals surface area contributed by atoms with Crippen LogP contribution in [-0.2, 0) is 0 Å². The summed E-state index contributed by atoms with van der Waals surface area (Å²) in [7, 11) is 0. The first kappa shape index (κ1) is 16.6. The number of anilines is 3. The molecule has 0 atom stereocenters. The van der Waals surface area contributed by atoms with Crippen LogP contribution >= 0.6 is 0 Å². The summed E-state index contributed by atoms with van der Waals surface area (Å²) in [4.78, 5) is 16.3. The molecule has 2 N–H and O–H groups in total. The number of hydrogen-bond donors (Lipinski definition) is 2. The molecule has 0 aliphatic rings. The van der Waals surface area contributed by atoms with Crippen LogP contribution in [0, 0.1) is 18.6 Å². The fraction of sp³-hybridized carbons (Fsp3) is 0.0526. The SMILES string of the molecule is Cc1ccccc1Nc1cncc(C(=O)Nc2ccc(F)cc2F)c1. The van der Waals surface area contributed by atoms with Gasteiger partial charge in [-0.3, -0.25) is 9.78 Å². The van der Waals surface area contributed by atoms with Crippen LogP contribution in [0.25, 0.3) is 0 Å². The number of nitrogens with zero attached hydrogens (tertiary/aromatic N) is 1. The molecule has 3 aromatic rings. The van der Waals surface area contributed by atoms with Crippen LogP contribution in [0.15, 0.2) is 60.9 Å². The summed E-state index contributed by atoms with van der Waals surface area (Å²) in [5.74, 6) is -2.08. The van der Waals surface area contributed by atoms with Gasteiger partial charge >= 0.3 is 0 Å². The third kappa shape index (κ3) is 3.98. The van der Waals surface area contributed by atoms with Crippen molar-refractivity contribution in [1.82, 2.24) is 4.98 Å². The zero-order valence-corrected chi connectivity index (χ0v) is 13.4. The van der Waals surface area contributed by atoms with Crippen LogP contribution in [0.5, 0.6) is 0 Å². The van der Waals surface area contributed by atoms with Gasteiger partial charge < -0.3 is 10.6 Å². The second-order valence-corrected chi connectivity index (χ2v) is 5.48. The number of carbonyl (C=O) groups excluding carboxylic acids is 1. The van der Waals surface area contributed by atoms with E-state index in [1.54, 1.807) is 12.3 Å². The molecule has 1 heterocycles. The Balaban J connectivity index is 1.79. The molecule has 1 aromatic heterocycles. The molecule has 4 nitrogen and oxygen atoms in total. The van der Waals surface area contributed by atoms with E-state index in [9.17, 15) is 13.6 Å². The number of para-hydroxylation sites is 1. The maximum absolute atomic E-state index is 13.7. The van der Waals surface area contributed by atoms with Gasteiger partial charge in [-0.15, -0.1) is 0 Å². The molecule has 2 aromatic carbocycles. The molecule has 1 amide bonds. The van der Waals surface area contributed by atoms with Gasteiger partial charge in [0, 0.05) is 18.0 Å². The van der Waals surface area contributed by atoms with Crippen molar-refractivity contribution in [1.29, 1.82) is 0 Å². The van der Waals surface area contributed by atoms with E-state index in [1.165, 1.54) is 12.3 Å². The lowest BCUT2D eigenvalue weighted by Gasteiger charge is -2.11. The highest BCUT2D eigenvalue weighted by molar-refractivity contribution is 6.04. The van der Waals surface area contributed by atoms with Crippen molar-refractivity contribution >= 4 is 23.0 Å². The fourth-order valence-electron chi connectivity index (χ4n) is 2.29. The van der Waals surface area contributed by atoms with Crippen molar-refractivity contribution in [3.63, 3.8) is 0 Å². The maximum Gasteiger partial charge on any atom is 0.257 e. The number of carbonyl (C=O) groups is 1. The Bertz CT molecular complexity index is 928. The van der Waals surface area contributed by atoms with Crippen molar-refractivity contribution in [2.45, 2.75) is 6.92 Å². The summed E-state index contributed by atoms with van der Waals surface area (Å²) < 4.78 is 26.6. The zero-order valence-electron chi connectivity index (χ0n) is 13.4. The molecule has 126 valence electrons. The van der Waals surface area contributed by atoms with Gasteiger partial charge in [0.2, 0.25) is 0 Å². The molecule has 0 aliphatic heterocycles. The van der Waals surface area contributed by atoms with Crippen molar-refractivity contribution in [3.8, 4) is 0 Å². The first-order valence-electron chi connectivity index (χ1n) is 7.57. The molecule has 0 saturated carbocycles. The van der Waals surface area contributed by atoms with E-state index >= 15 is 0 Å². The smallest absolute Gasteiger partial charge is 0.257 e. The lowest BCUT2D eigenvalue weighted by molar-refractivity contribution is 0.102. The van der Waals surface area contributed by atoms with Gasteiger partial charge in [-0.25, -0.2) is 8.78 Å². The average molecular weight is 339 g/mol. The molecular weight excluding hydrogens is 324 g/mol. The highest BCUT2D eigenvalue weighted by Crippen LogP contribution is 2.21. The van der Waals surface area contributed by atoms with E-state index in [-0.39, 0.29) is 11.3 Å². The van der Waals surface area contributed by atoms with Crippen molar-refractivity contribution in [3.05, 3.63) is 83.7 Å². The quantitative estimate of drug-likeness (QED) is 0.727. The normalized spacial score (nSPS) is 10.4. The Morgan fingerprint density at radius 2 is 1.80 bits per heavy atom. The van der Waals surface area contributed by atoms with Crippen molar-refractivity contribution in [2.24, 2.45) is 0 Å². The highest BCUT2D eigenvalue weighted by atomic mass is 19.1. The van der Waals surface area contributed by atoms with Crippen molar-refractivity contribution < 1.29 is 13.6 Å². The summed E-state index contributed by atoms with van der Waals surface area (Å²) in [5.41, 5.74) is 2.73. The van der Waals surface area contributed by atoms with Crippen LogP contribution in [-0.4, -0.2) is 10.9 Å². The molecule has 0 bridgehead atoms. The Kier molecular flexibility index (Phi) is 4.70. The van der Waals surface area contributed by atoms with E-state index in [0.717, 1.165) is 17.3 Å². The van der Waals surface area contributed by atoms with Crippen molar-refractivity contribution in [2.75, 3.05) is 10.6 Å². The molecule has 0 unspecified atom stereocenters. The average Bonchev–Trinajstić information content (AvgIpc) is 2.60. The number of hydrogen-bond acceptors (Lipinski definition) is 3. The summed E-state index contributed by atoms with van der Waals surface area (Å²) in [6, 6.07) is 12.3. The van der Waals surface area contributed by atoms with Crippen LogP contribution in [0.3, 0.4) is 0 Å². The molecule has 0 aliphatic carbocycles. The number of pyridine rings is 1. The summed E-state index contributed by atoms with van der Waals surface area (Å²) in [6.07, 6.45) is 2.96. The van der Waals surface area contributed by atoms with Gasteiger partial charge in [-0.05, 0) is 36.8 Å². The molecule has 0 saturated heterocycles. The lowest BCUT2D eigenvalue weighted by Crippen LogP contribution is -2.13. The predicted octanol–water partition coefficient (Wildman–Crippen LogP) is 4.66. The number of halogens is 2. The molecular formula is C19H15F2N3O. The van der Waals surface area contributed by atoms with Gasteiger partial charge in [-0.1, -0.05) is 18.2 Å². The van der Waals surface area contributed by atoms with E-state index < -0.39 is 17.5 Å². The fourth-order valence-corrected chi connectivity index (χ4v) is 2.29. The number of rotatable bonds is 4. The minimum absolute atomic E-state index is 0.0938. The first-order chi connectivity index (χ1) is 12.0. The van der Waals surface area contributed by atoms with Crippen LogP contribution in [0.4, 0.5) is 25.8 Å². The number of nitrogens with one attached hydrogen (secondary N) is 2. The Hall–Kier alpha value is -3.28. The lowest BCUT2D eigenvalue weighted by atomic mass is 10.2. The Morgan fingerprint density at radius 3 is 2.56 bits per heavy atom. The standard InChI is InChI=1S/C19H15F2N3O/c1-12-4-2-3-5-17(12)23-15-8-13(10-22-11-15)19(25)24-18-7-6-14(20)9-16(18)21/h2-11,23H,1H3,(H,24,25). The predicted molar refractivity (Wildman–Crippen MR) is 93.0 cm³/mol. The van der Waals surface area contributed by atoms with E-state index in [4.69, 9.17) is 0 Å². The largest absolute Gasteiger partial charge is 0.354 e. The van der Waals surface area contributed by atoms with Gasteiger partial charge in [0.1, 0.15) is 11.6 Å². The second-order valence-electron chi connectivity index (χ2n) is 5.48. The van der Waals surface area contributed by atoms with E-state index in [1.807, 2.05) is 31.2 Å². The summed E-state index contributed by atoms with van der Waals surface area (Å²) in [6.45, 7) is 1.96. The van der Waals surface area contributed by atoms with Crippen LogP contribution in [0.1, 0.15) is 15.9 Å². The zero-order chi connectivity index (χ0) is 17.8. The topological polar surface area (TPSA) is 54.0 Å². The highest BCUT2D eigenvalue weighted by Gasteiger charge is 2.11. The number of aromatic nitrogens is 1. The minimum Gasteiger partial charge on any atom is -0.354 e.